The summed E-state index contributed by atoms with van der Waals surface area (Å²) in [4.78, 5) is 0. The second-order valence-electron chi connectivity index (χ2n) is 4.06. The summed E-state index contributed by atoms with van der Waals surface area (Å²) in [5, 5.41) is 9.57. The summed E-state index contributed by atoms with van der Waals surface area (Å²) in [5.41, 5.74) is 1.08. The summed E-state index contributed by atoms with van der Waals surface area (Å²) in [6.45, 7) is 5.79. The van der Waals surface area contributed by atoms with Crippen LogP contribution in [0.4, 0.5) is 5.69 Å². The number of nitrogens with zero attached hydrogens (tertiary/aromatic N) is 2. The second-order valence-corrected chi connectivity index (χ2v) is 5.83. The zero-order valence-electron chi connectivity index (χ0n) is 9.50. The first-order valence-corrected chi connectivity index (χ1v) is 7.22. The molecular formula is C12H15Br2N3. The van der Waals surface area contributed by atoms with E-state index in [1.54, 1.807) is 0 Å². The molecule has 0 radical (unpaired) electrons. The molecule has 1 fully saturated rings. The Morgan fingerprint density at radius 3 is 2.59 bits per heavy atom. The summed E-state index contributed by atoms with van der Waals surface area (Å²) < 4.78 is 2.10. The first kappa shape index (κ1) is 13.1. The SMILES string of the molecule is C=NN(c1ccc(Br)cc1Br)C1CCNCC1. The third-order valence-electron chi connectivity index (χ3n) is 2.96. The van der Waals surface area contributed by atoms with Gasteiger partial charge in [-0.25, -0.2) is 0 Å². The lowest BCUT2D eigenvalue weighted by Gasteiger charge is -2.32. The normalized spacial score (nSPS) is 16.8. The van der Waals surface area contributed by atoms with Crippen molar-refractivity contribution in [3.05, 3.63) is 27.1 Å². The number of nitrogens with one attached hydrogen (secondary N) is 1. The van der Waals surface area contributed by atoms with E-state index in [0.717, 1.165) is 40.6 Å². The minimum absolute atomic E-state index is 0.436. The van der Waals surface area contributed by atoms with E-state index in [0.29, 0.717) is 6.04 Å². The molecule has 1 aromatic rings. The van der Waals surface area contributed by atoms with Gasteiger partial charge < -0.3 is 5.32 Å². The van der Waals surface area contributed by atoms with Gasteiger partial charge in [0.05, 0.1) is 11.7 Å². The number of hydrazone groups is 1. The smallest absolute Gasteiger partial charge is 0.0739 e. The largest absolute Gasteiger partial charge is 0.317 e. The van der Waals surface area contributed by atoms with E-state index in [1.807, 2.05) is 17.1 Å². The molecule has 1 aromatic carbocycles. The van der Waals surface area contributed by atoms with E-state index in [-0.39, 0.29) is 0 Å². The van der Waals surface area contributed by atoms with E-state index < -0.39 is 0 Å². The van der Waals surface area contributed by atoms with Gasteiger partial charge in [-0.3, -0.25) is 5.01 Å². The molecule has 1 saturated heterocycles. The summed E-state index contributed by atoms with van der Waals surface area (Å²) in [5.74, 6) is 0. The topological polar surface area (TPSA) is 27.6 Å². The highest BCUT2D eigenvalue weighted by Crippen LogP contribution is 2.32. The Morgan fingerprint density at radius 2 is 2.00 bits per heavy atom. The number of hydrogen-bond acceptors (Lipinski definition) is 3. The summed E-state index contributed by atoms with van der Waals surface area (Å²) in [7, 11) is 0. The van der Waals surface area contributed by atoms with Crippen molar-refractivity contribution in [2.45, 2.75) is 18.9 Å². The lowest BCUT2D eigenvalue weighted by molar-refractivity contribution is 0.434. The maximum Gasteiger partial charge on any atom is 0.0739 e. The summed E-state index contributed by atoms with van der Waals surface area (Å²) >= 11 is 7.04. The van der Waals surface area contributed by atoms with Gasteiger partial charge >= 0.3 is 0 Å². The average Bonchev–Trinajstić information content (AvgIpc) is 2.34. The quantitative estimate of drug-likeness (QED) is 0.660. The summed E-state index contributed by atoms with van der Waals surface area (Å²) in [6, 6.07) is 6.56. The molecule has 0 aliphatic carbocycles. The number of rotatable bonds is 3. The van der Waals surface area contributed by atoms with Crippen molar-refractivity contribution in [2.75, 3.05) is 18.1 Å². The standard InChI is InChI=1S/C12H15Br2N3/c1-15-17(10-4-6-16-7-5-10)12-3-2-9(13)8-11(12)14/h2-3,8,10,16H,1,4-7H2. The van der Waals surface area contributed by atoms with Crippen LogP contribution in [-0.4, -0.2) is 25.8 Å². The number of piperidine rings is 1. The third kappa shape index (κ3) is 3.09. The molecule has 0 spiro atoms. The first-order valence-electron chi connectivity index (χ1n) is 5.64. The molecule has 92 valence electrons. The number of benzene rings is 1. The van der Waals surface area contributed by atoms with Crippen molar-refractivity contribution in [3.8, 4) is 0 Å². The van der Waals surface area contributed by atoms with Gasteiger partial charge in [0, 0.05) is 15.7 Å². The molecule has 0 saturated carbocycles. The Bertz CT molecular complexity index is 403. The molecule has 0 atom stereocenters. The Balaban J connectivity index is 2.24. The van der Waals surface area contributed by atoms with E-state index >= 15 is 0 Å². The van der Waals surface area contributed by atoms with Crippen LogP contribution >= 0.6 is 31.9 Å². The van der Waals surface area contributed by atoms with E-state index in [4.69, 9.17) is 0 Å². The third-order valence-corrected chi connectivity index (χ3v) is 4.09. The van der Waals surface area contributed by atoms with Crippen LogP contribution < -0.4 is 10.3 Å². The highest BCUT2D eigenvalue weighted by molar-refractivity contribution is 9.11. The zero-order chi connectivity index (χ0) is 12.3. The molecule has 0 amide bonds. The van der Waals surface area contributed by atoms with Crippen LogP contribution in [0.1, 0.15) is 12.8 Å². The molecule has 1 aliphatic heterocycles. The zero-order valence-corrected chi connectivity index (χ0v) is 12.7. The Labute approximate surface area is 119 Å². The lowest BCUT2D eigenvalue weighted by Crippen LogP contribution is -2.40. The van der Waals surface area contributed by atoms with Gasteiger partial charge in [0.15, 0.2) is 0 Å². The number of hydrogen-bond donors (Lipinski definition) is 1. The van der Waals surface area contributed by atoms with Crippen molar-refractivity contribution in [1.29, 1.82) is 0 Å². The van der Waals surface area contributed by atoms with Crippen LogP contribution in [0, 0.1) is 0 Å². The maximum absolute atomic E-state index is 4.18. The van der Waals surface area contributed by atoms with E-state index in [9.17, 15) is 0 Å². The van der Waals surface area contributed by atoms with Crippen molar-refractivity contribution < 1.29 is 0 Å². The number of halogens is 2. The fourth-order valence-corrected chi connectivity index (χ4v) is 3.34. The molecule has 0 unspecified atom stereocenters. The molecule has 5 heteroatoms. The Morgan fingerprint density at radius 1 is 1.29 bits per heavy atom. The van der Waals surface area contributed by atoms with Gasteiger partial charge in [0.1, 0.15) is 0 Å². The summed E-state index contributed by atoms with van der Waals surface area (Å²) in [6.07, 6.45) is 2.20. The first-order chi connectivity index (χ1) is 8.22. The van der Waals surface area contributed by atoms with Gasteiger partial charge in [0.2, 0.25) is 0 Å². The highest BCUT2D eigenvalue weighted by atomic mass is 79.9. The molecule has 0 bridgehead atoms. The fourth-order valence-electron chi connectivity index (χ4n) is 2.11. The molecule has 2 rings (SSSR count). The van der Waals surface area contributed by atoms with Crippen LogP contribution in [0.2, 0.25) is 0 Å². The van der Waals surface area contributed by atoms with Gasteiger partial charge in [-0.1, -0.05) is 15.9 Å². The Kier molecular flexibility index (Phi) is 4.59. The van der Waals surface area contributed by atoms with E-state index in [1.165, 1.54) is 0 Å². The van der Waals surface area contributed by atoms with Gasteiger partial charge in [-0.05, 0) is 60.1 Å². The van der Waals surface area contributed by atoms with Crippen LogP contribution in [0.5, 0.6) is 0 Å². The van der Waals surface area contributed by atoms with Crippen LogP contribution in [0.25, 0.3) is 0 Å². The average molecular weight is 361 g/mol. The van der Waals surface area contributed by atoms with Crippen LogP contribution in [0.15, 0.2) is 32.2 Å². The van der Waals surface area contributed by atoms with Crippen molar-refractivity contribution >= 4 is 44.3 Å². The molecule has 1 heterocycles. The molecular weight excluding hydrogens is 346 g/mol. The predicted octanol–water partition coefficient (Wildman–Crippen LogP) is 3.39. The lowest BCUT2D eigenvalue weighted by atomic mass is 10.1. The molecule has 17 heavy (non-hydrogen) atoms. The van der Waals surface area contributed by atoms with Gasteiger partial charge in [0.25, 0.3) is 0 Å². The van der Waals surface area contributed by atoms with Crippen LogP contribution in [-0.2, 0) is 0 Å². The molecule has 1 aliphatic rings. The molecule has 1 N–H and O–H groups in total. The van der Waals surface area contributed by atoms with Crippen molar-refractivity contribution in [3.63, 3.8) is 0 Å². The van der Waals surface area contributed by atoms with E-state index in [2.05, 4.69) is 55.1 Å². The molecule has 3 nitrogen and oxygen atoms in total. The van der Waals surface area contributed by atoms with Crippen LogP contribution in [0.3, 0.4) is 0 Å². The van der Waals surface area contributed by atoms with Gasteiger partial charge in [-0.2, -0.15) is 5.10 Å². The highest BCUT2D eigenvalue weighted by Gasteiger charge is 2.22. The minimum atomic E-state index is 0.436. The minimum Gasteiger partial charge on any atom is -0.317 e. The maximum atomic E-state index is 4.18. The van der Waals surface area contributed by atoms with Crippen molar-refractivity contribution in [2.24, 2.45) is 5.10 Å². The number of anilines is 1. The van der Waals surface area contributed by atoms with Gasteiger partial charge in [-0.15, -0.1) is 0 Å². The molecule has 0 aromatic heterocycles. The monoisotopic (exact) mass is 359 g/mol. The van der Waals surface area contributed by atoms with Crippen molar-refractivity contribution in [1.82, 2.24) is 5.32 Å². The Hall–Kier alpha value is -0.390. The fraction of sp³-hybridized carbons (Fsp3) is 0.417. The predicted molar refractivity (Wildman–Crippen MR) is 79.8 cm³/mol. The second kappa shape index (κ2) is 5.98.